The van der Waals surface area contributed by atoms with Gasteiger partial charge in [-0.25, -0.2) is 4.79 Å². The number of rotatable bonds is 2. The Balaban J connectivity index is 1.76. The Morgan fingerprint density at radius 2 is 1.57 bits per heavy atom. The molecule has 1 spiro atoms. The molecule has 0 saturated heterocycles. The van der Waals surface area contributed by atoms with Gasteiger partial charge in [-0.2, -0.15) is 0 Å². The summed E-state index contributed by atoms with van der Waals surface area (Å²) < 4.78 is 16.5. The molecule has 4 rings (SSSR count). The predicted molar refractivity (Wildman–Crippen MR) is 114 cm³/mol. The number of methoxy groups -OCH3 is 2. The van der Waals surface area contributed by atoms with Gasteiger partial charge >= 0.3 is 6.09 Å². The topological polar surface area (TPSA) is 65.1 Å². The molecule has 1 aliphatic carbocycles. The van der Waals surface area contributed by atoms with E-state index in [0.717, 1.165) is 11.1 Å². The number of para-hydroxylation sites is 1. The van der Waals surface area contributed by atoms with E-state index in [2.05, 4.69) is 0 Å². The fourth-order valence-electron chi connectivity index (χ4n) is 4.48. The van der Waals surface area contributed by atoms with E-state index in [-0.39, 0.29) is 12.3 Å². The molecule has 0 fully saturated rings. The highest BCUT2D eigenvalue weighted by Crippen LogP contribution is 2.48. The molecule has 1 aliphatic heterocycles. The van der Waals surface area contributed by atoms with Crippen LogP contribution in [0.4, 0.5) is 10.5 Å². The van der Waals surface area contributed by atoms with E-state index >= 15 is 0 Å². The Hall–Kier alpha value is -3.02. The summed E-state index contributed by atoms with van der Waals surface area (Å²) in [7, 11) is 3.20. The van der Waals surface area contributed by atoms with Crippen LogP contribution in [0, 0.1) is 5.41 Å². The van der Waals surface area contributed by atoms with Crippen molar-refractivity contribution >= 4 is 17.6 Å². The van der Waals surface area contributed by atoms with Crippen LogP contribution in [0.3, 0.4) is 0 Å². The SMILES string of the molecule is COc1cc2c(cc1OC)CC1(C2)CN(C(=O)OC(C)(C)C)c2ccccc2C1=O. The van der Waals surface area contributed by atoms with Gasteiger partial charge in [0.25, 0.3) is 0 Å². The van der Waals surface area contributed by atoms with Crippen molar-refractivity contribution in [3.63, 3.8) is 0 Å². The van der Waals surface area contributed by atoms with Crippen LogP contribution in [-0.2, 0) is 17.6 Å². The highest BCUT2D eigenvalue weighted by atomic mass is 16.6. The summed E-state index contributed by atoms with van der Waals surface area (Å²) in [5.74, 6) is 1.34. The number of ketones is 1. The second kappa shape index (κ2) is 7.04. The average Bonchev–Trinajstić information content (AvgIpc) is 3.06. The van der Waals surface area contributed by atoms with Crippen LogP contribution in [0.5, 0.6) is 11.5 Å². The lowest BCUT2D eigenvalue weighted by molar-refractivity contribution is 0.0547. The summed E-state index contributed by atoms with van der Waals surface area (Å²) in [5, 5.41) is 0. The minimum absolute atomic E-state index is 0.0621. The molecule has 0 unspecified atom stereocenters. The standard InChI is InChI=1S/C24H27NO5/c1-23(2,3)30-22(27)25-14-24(21(26)17-8-6-7-9-18(17)25)12-15-10-19(28-4)20(29-5)11-16(15)13-24/h6-11H,12-14H2,1-5H3. The van der Waals surface area contributed by atoms with Gasteiger partial charge in [-0.15, -0.1) is 0 Å². The molecule has 0 radical (unpaired) electrons. The quantitative estimate of drug-likeness (QED) is 0.734. The Kier molecular flexibility index (Phi) is 4.76. The maximum absolute atomic E-state index is 13.6. The molecule has 2 aliphatic rings. The molecule has 1 heterocycles. The number of nitrogens with zero attached hydrogens (tertiary/aromatic N) is 1. The normalized spacial score (nSPS) is 16.8. The molecule has 2 aromatic carbocycles. The number of carbonyl (C=O) groups excluding carboxylic acids is 2. The second-order valence-corrected chi connectivity index (χ2v) is 9.02. The lowest BCUT2D eigenvalue weighted by atomic mass is 9.74. The summed E-state index contributed by atoms with van der Waals surface area (Å²) in [5.41, 5.74) is 1.90. The Labute approximate surface area is 176 Å². The first-order chi connectivity index (χ1) is 14.2. The number of fused-ring (bicyclic) bond motifs is 2. The lowest BCUT2D eigenvalue weighted by Crippen LogP contribution is -2.52. The van der Waals surface area contributed by atoms with E-state index in [1.54, 1.807) is 31.3 Å². The van der Waals surface area contributed by atoms with Gasteiger partial charge in [0.2, 0.25) is 0 Å². The van der Waals surface area contributed by atoms with E-state index in [0.29, 0.717) is 35.6 Å². The maximum atomic E-state index is 13.6. The molecular formula is C24H27NO5. The molecule has 6 heteroatoms. The molecular weight excluding hydrogens is 382 g/mol. The van der Waals surface area contributed by atoms with Gasteiger partial charge in [-0.1, -0.05) is 12.1 Å². The number of Topliss-reactive ketones (excluding diaryl/α,β-unsaturated/α-hetero) is 1. The largest absolute Gasteiger partial charge is 0.493 e. The molecule has 0 atom stereocenters. The summed E-state index contributed by atoms with van der Waals surface area (Å²) in [6.07, 6.45) is 0.637. The van der Waals surface area contributed by atoms with Crippen molar-refractivity contribution < 1.29 is 23.8 Å². The average molecular weight is 409 g/mol. The predicted octanol–water partition coefficient (Wildman–Crippen LogP) is 4.43. The van der Waals surface area contributed by atoms with Crippen molar-refractivity contribution in [1.82, 2.24) is 0 Å². The van der Waals surface area contributed by atoms with Gasteiger partial charge in [0.1, 0.15) is 5.60 Å². The summed E-state index contributed by atoms with van der Waals surface area (Å²) in [4.78, 5) is 28.3. The van der Waals surface area contributed by atoms with Crippen LogP contribution in [-0.4, -0.2) is 38.2 Å². The summed E-state index contributed by atoms with van der Waals surface area (Å²) >= 11 is 0. The molecule has 0 saturated carbocycles. The van der Waals surface area contributed by atoms with Gasteiger partial charge in [-0.05, 0) is 69.0 Å². The van der Waals surface area contributed by atoms with Gasteiger partial charge in [0, 0.05) is 12.1 Å². The zero-order valence-corrected chi connectivity index (χ0v) is 18.1. The van der Waals surface area contributed by atoms with Crippen LogP contribution in [0.2, 0.25) is 0 Å². The fraction of sp³-hybridized carbons (Fsp3) is 0.417. The molecule has 158 valence electrons. The van der Waals surface area contributed by atoms with Crippen molar-refractivity contribution in [2.24, 2.45) is 5.41 Å². The molecule has 0 bridgehead atoms. The van der Waals surface area contributed by atoms with Crippen LogP contribution in [0.25, 0.3) is 0 Å². The number of hydrogen-bond donors (Lipinski definition) is 0. The third-order valence-corrected chi connectivity index (χ3v) is 5.76. The van der Waals surface area contributed by atoms with E-state index in [4.69, 9.17) is 14.2 Å². The molecule has 1 amide bonds. The van der Waals surface area contributed by atoms with Crippen molar-refractivity contribution in [3.8, 4) is 11.5 Å². The Morgan fingerprint density at radius 1 is 1.00 bits per heavy atom. The first-order valence-electron chi connectivity index (χ1n) is 10.1. The monoisotopic (exact) mass is 409 g/mol. The van der Waals surface area contributed by atoms with Gasteiger partial charge in [0.15, 0.2) is 17.3 Å². The highest BCUT2D eigenvalue weighted by molar-refractivity contribution is 6.11. The van der Waals surface area contributed by atoms with Crippen LogP contribution < -0.4 is 14.4 Å². The maximum Gasteiger partial charge on any atom is 0.414 e. The summed E-state index contributed by atoms with van der Waals surface area (Å²) in [6.45, 7) is 5.79. The van der Waals surface area contributed by atoms with E-state index in [1.165, 1.54) is 0 Å². The van der Waals surface area contributed by atoms with Crippen molar-refractivity contribution in [3.05, 3.63) is 53.1 Å². The molecule has 0 N–H and O–H groups in total. The number of carbonyl (C=O) groups is 2. The highest BCUT2D eigenvalue weighted by Gasteiger charge is 2.51. The molecule has 0 aromatic heterocycles. The number of hydrogen-bond acceptors (Lipinski definition) is 5. The van der Waals surface area contributed by atoms with E-state index in [1.807, 2.05) is 45.0 Å². The first-order valence-corrected chi connectivity index (χ1v) is 10.1. The van der Waals surface area contributed by atoms with Gasteiger partial charge in [-0.3, -0.25) is 9.69 Å². The summed E-state index contributed by atoms with van der Waals surface area (Å²) in [6, 6.07) is 11.1. The van der Waals surface area contributed by atoms with E-state index < -0.39 is 17.1 Å². The molecule has 6 nitrogen and oxygen atoms in total. The van der Waals surface area contributed by atoms with Crippen molar-refractivity contribution in [2.45, 2.75) is 39.2 Å². The minimum atomic E-state index is -0.731. The van der Waals surface area contributed by atoms with Crippen molar-refractivity contribution in [1.29, 1.82) is 0 Å². The zero-order valence-electron chi connectivity index (χ0n) is 18.1. The van der Waals surface area contributed by atoms with E-state index in [9.17, 15) is 9.59 Å². The van der Waals surface area contributed by atoms with Crippen LogP contribution in [0.1, 0.15) is 42.3 Å². The smallest absolute Gasteiger partial charge is 0.414 e. The number of benzene rings is 2. The second-order valence-electron chi connectivity index (χ2n) is 9.02. The van der Waals surface area contributed by atoms with Crippen molar-refractivity contribution in [2.75, 3.05) is 25.7 Å². The lowest BCUT2D eigenvalue weighted by Gasteiger charge is -2.40. The Bertz CT molecular complexity index is 988. The minimum Gasteiger partial charge on any atom is -0.493 e. The molecule has 2 aromatic rings. The van der Waals surface area contributed by atoms with Crippen LogP contribution in [0.15, 0.2) is 36.4 Å². The zero-order chi connectivity index (χ0) is 21.7. The third-order valence-electron chi connectivity index (χ3n) is 5.76. The van der Waals surface area contributed by atoms with Gasteiger partial charge in [0.05, 0.1) is 25.3 Å². The molecule has 30 heavy (non-hydrogen) atoms. The number of ether oxygens (including phenoxy) is 3. The fourth-order valence-corrected chi connectivity index (χ4v) is 4.48. The van der Waals surface area contributed by atoms with Crippen LogP contribution >= 0.6 is 0 Å². The van der Waals surface area contributed by atoms with Gasteiger partial charge < -0.3 is 14.2 Å². The number of amides is 1. The third kappa shape index (κ3) is 3.30. The Morgan fingerprint density at radius 3 is 2.10 bits per heavy atom. The number of anilines is 1. The first kappa shape index (κ1) is 20.3.